The lowest BCUT2D eigenvalue weighted by Crippen LogP contribution is -2.32. The van der Waals surface area contributed by atoms with E-state index < -0.39 is 12.0 Å². The molecule has 17 heavy (non-hydrogen) atoms. The molecule has 0 aliphatic heterocycles. The monoisotopic (exact) mass is 256 g/mol. The zero-order valence-electron chi connectivity index (χ0n) is 9.84. The first kappa shape index (κ1) is 13.8. The summed E-state index contributed by atoms with van der Waals surface area (Å²) in [6.07, 6.45) is 0. The number of aromatic nitrogens is 1. The fraction of sp³-hybridized carbons (Fsp3) is 0.455. The molecule has 0 aliphatic carbocycles. The number of methoxy groups -OCH3 is 1. The summed E-state index contributed by atoms with van der Waals surface area (Å²) in [6, 6.07) is 2.86. The number of carboxylic acids is 1. The van der Waals surface area contributed by atoms with E-state index in [0.29, 0.717) is 11.5 Å². The molecule has 1 rings (SSSR count). The van der Waals surface area contributed by atoms with Gasteiger partial charge in [0, 0.05) is 29.3 Å². The van der Waals surface area contributed by atoms with E-state index in [4.69, 9.17) is 15.6 Å². The van der Waals surface area contributed by atoms with Gasteiger partial charge in [-0.25, -0.2) is 0 Å². The number of aryl methyl sites for hydroxylation is 1. The number of ether oxygens (including phenoxy) is 1. The minimum atomic E-state index is -0.979. The van der Waals surface area contributed by atoms with Crippen LogP contribution in [0.25, 0.3) is 0 Å². The van der Waals surface area contributed by atoms with Crippen LogP contribution in [0, 0.1) is 6.92 Å². The lowest BCUT2D eigenvalue weighted by Gasteiger charge is -2.07. The van der Waals surface area contributed by atoms with Crippen molar-refractivity contribution < 1.29 is 14.6 Å². The normalized spacial score (nSPS) is 12.2. The van der Waals surface area contributed by atoms with Crippen molar-refractivity contribution in [1.29, 1.82) is 0 Å². The maximum Gasteiger partial charge on any atom is 0.321 e. The number of rotatable bonds is 6. The van der Waals surface area contributed by atoms with E-state index in [2.05, 4.69) is 4.98 Å². The summed E-state index contributed by atoms with van der Waals surface area (Å²) in [7, 11) is 1.60. The van der Waals surface area contributed by atoms with Crippen LogP contribution >= 0.6 is 11.8 Å². The standard InChI is InChI=1S/C11H16N2O3S/c1-7-3-9(16-2)4-8(13-7)5-17-6-10(12)11(14)15/h3-4,10H,5-6,12H2,1-2H3,(H,14,15)/t10-/m0/s1. The third kappa shape index (κ3) is 4.62. The third-order valence-corrected chi connectivity index (χ3v) is 3.17. The molecule has 0 radical (unpaired) electrons. The Bertz CT molecular complexity index is 398. The van der Waals surface area contributed by atoms with Gasteiger partial charge in [0.25, 0.3) is 0 Å². The van der Waals surface area contributed by atoms with Gasteiger partial charge in [-0.3, -0.25) is 9.78 Å². The lowest BCUT2D eigenvalue weighted by molar-refractivity contribution is -0.137. The first-order valence-corrected chi connectivity index (χ1v) is 6.26. The highest BCUT2D eigenvalue weighted by Crippen LogP contribution is 2.17. The number of thioether (sulfide) groups is 1. The molecule has 0 amide bonds. The van der Waals surface area contributed by atoms with Crippen LogP contribution in [0.15, 0.2) is 12.1 Å². The molecule has 0 bridgehead atoms. The molecular formula is C11H16N2O3S. The number of hydrogen-bond acceptors (Lipinski definition) is 5. The van der Waals surface area contributed by atoms with Crippen LogP contribution < -0.4 is 10.5 Å². The van der Waals surface area contributed by atoms with E-state index in [1.807, 2.05) is 19.1 Å². The Labute approximate surface area is 104 Å². The summed E-state index contributed by atoms with van der Waals surface area (Å²) in [6.45, 7) is 1.89. The van der Waals surface area contributed by atoms with Gasteiger partial charge < -0.3 is 15.6 Å². The van der Waals surface area contributed by atoms with E-state index in [0.717, 1.165) is 17.1 Å². The van der Waals surface area contributed by atoms with Gasteiger partial charge >= 0.3 is 5.97 Å². The smallest absolute Gasteiger partial charge is 0.321 e. The number of aliphatic carboxylic acids is 1. The van der Waals surface area contributed by atoms with Gasteiger partial charge in [0.1, 0.15) is 11.8 Å². The highest BCUT2D eigenvalue weighted by Gasteiger charge is 2.11. The quantitative estimate of drug-likeness (QED) is 0.791. The van der Waals surface area contributed by atoms with E-state index >= 15 is 0 Å². The lowest BCUT2D eigenvalue weighted by atomic mass is 10.3. The van der Waals surface area contributed by atoms with Crippen LogP contribution in [0.4, 0.5) is 0 Å². The van der Waals surface area contributed by atoms with Gasteiger partial charge in [-0.05, 0) is 6.92 Å². The third-order valence-electron chi connectivity index (χ3n) is 2.08. The Morgan fingerprint density at radius 3 is 2.94 bits per heavy atom. The second-order valence-electron chi connectivity index (χ2n) is 3.60. The molecule has 5 nitrogen and oxygen atoms in total. The van der Waals surface area contributed by atoms with Crippen LogP contribution in [0.5, 0.6) is 5.75 Å². The van der Waals surface area contributed by atoms with Gasteiger partial charge in [0.05, 0.1) is 12.8 Å². The summed E-state index contributed by atoms with van der Waals surface area (Å²) >= 11 is 1.45. The summed E-state index contributed by atoms with van der Waals surface area (Å²) in [5.41, 5.74) is 7.14. The van der Waals surface area contributed by atoms with E-state index in [1.54, 1.807) is 7.11 Å². The molecule has 1 atom stereocenters. The fourth-order valence-corrected chi connectivity index (χ4v) is 2.13. The minimum Gasteiger partial charge on any atom is -0.497 e. The van der Waals surface area contributed by atoms with Crippen molar-refractivity contribution in [1.82, 2.24) is 4.98 Å². The zero-order valence-corrected chi connectivity index (χ0v) is 10.7. The van der Waals surface area contributed by atoms with E-state index in [-0.39, 0.29) is 0 Å². The zero-order chi connectivity index (χ0) is 12.8. The topological polar surface area (TPSA) is 85.4 Å². The van der Waals surface area contributed by atoms with Crippen molar-refractivity contribution >= 4 is 17.7 Å². The van der Waals surface area contributed by atoms with Gasteiger partial charge in [-0.2, -0.15) is 11.8 Å². The van der Waals surface area contributed by atoms with Crippen molar-refractivity contribution in [2.45, 2.75) is 18.7 Å². The van der Waals surface area contributed by atoms with Gasteiger partial charge in [-0.1, -0.05) is 0 Å². The fourth-order valence-electron chi connectivity index (χ4n) is 1.26. The number of carboxylic acid groups (broad SMARTS) is 1. The molecule has 94 valence electrons. The molecule has 3 N–H and O–H groups in total. The molecular weight excluding hydrogens is 240 g/mol. The summed E-state index contributed by atoms with van der Waals surface area (Å²) in [5, 5.41) is 8.63. The predicted molar refractivity (Wildman–Crippen MR) is 67.3 cm³/mol. The van der Waals surface area contributed by atoms with Crippen molar-refractivity contribution in [2.75, 3.05) is 12.9 Å². The van der Waals surface area contributed by atoms with Crippen LogP contribution in [-0.2, 0) is 10.5 Å². The summed E-state index contributed by atoms with van der Waals surface area (Å²) in [4.78, 5) is 14.9. The van der Waals surface area contributed by atoms with Crippen molar-refractivity contribution in [2.24, 2.45) is 5.73 Å². The molecule has 0 aliphatic rings. The van der Waals surface area contributed by atoms with Crippen LogP contribution in [0.1, 0.15) is 11.4 Å². The summed E-state index contributed by atoms with van der Waals surface area (Å²) in [5.74, 6) is 0.773. The van der Waals surface area contributed by atoms with Gasteiger partial charge in [0.2, 0.25) is 0 Å². The maximum absolute atomic E-state index is 10.5. The first-order valence-electron chi connectivity index (χ1n) is 5.10. The molecule has 0 saturated carbocycles. The molecule has 0 aromatic carbocycles. The molecule has 1 heterocycles. The Balaban J connectivity index is 2.51. The molecule has 0 unspecified atom stereocenters. The summed E-state index contributed by atoms with van der Waals surface area (Å²) < 4.78 is 5.13. The number of nitrogens with zero attached hydrogens (tertiary/aromatic N) is 1. The highest BCUT2D eigenvalue weighted by molar-refractivity contribution is 7.98. The molecule has 1 aromatic heterocycles. The molecule has 0 saturated heterocycles. The first-order chi connectivity index (χ1) is 8.02. The Kier molecular flexibility index (Phi) is 5.24. The van der Waals surface area contributed by atoms with Crippen molar-refractivity contribution in [3.05, 3.63) is 23.5 Å². The largest absolute Gasteiger partial charge is 0.497 e. The van der Waals surface area contributed by atoms with Crippen molar-refractivity contribution in [3.8, 4) is 5.75 Å². The molecule has 0 spiro atoms. The SMILES string of the molecule is COc1cc(C)nc(CSC[C@H](N)C(=O)O)c1. The second-order valence-corrected chi connectivity index (χ2v) is 4.63. The average molecular weight is 256 g/mol. The van der Waals surface area contributed by atoms with Crippen LogP contribution in [0.3, 0.4) is 0 Å². The van der Waals surface area contributed by atoms with Gasteiger partial charge in [0.15, 0.2) is 0 Å². The number of nitrogens with two attached hydrogens (primary N) is 1. The molecule has 6 heteroatoms. The maximum atomic E-state index is 10.5. The second kappa shape index (κ2) is 6.46. The van der Waals surface area contributed by atoms with Crippen LogP contribution in [0.2, 0.25) is 0 Å². The highest BCUT2D eigenvalue weighted by atomic mass is 32.2. The van der Waals surface area contributed by atoms with E-state index in [1.165, 1.54) is 11.8 Å². The minimum absolute atomic E-state index is 0.368. The van der Waals surface area contributed by atoms with Gasteiger partial charge in [-0.15, -0.1) is 0 Å². The molecule has 0 fully saturated rings. The Morgan fingerprint density at radius 1 is 1.65 bits per heavy atom. The predicted octanol–water partition coefficient (Wildman–Crippen LogP) is 1.04. The number of carbonyl (C=O) groups is 1. The Hall–Kier alpha value is -1.27. The Morgan fingerprint density at radius 2 is 2.35 bits per heavy atom. The number of hydrogen-bond donors (Lipinski definition) is 2. The number of pyridine rings is 1. The molecule has 1 aromatic rings. The van der Waals surface area contributed by atoms with E-state index in [9.17, 15) is 4.79 Å². The van der Waals surface area contributed by atoms with Crippen molar-refractivity contribution in [3.63, 3.8) is 0 Å². The van der Waals surface area contributed by atoms with Crippen LogP contribution in [-0.4, -0.2) is 35.0 Å². The average Bonchev–Trinajstić information content (AvgIpc) is 2.27.